The predicted octanol–water partition coefficient (Wildman–Crippen LogP) is 6.19. The Morgan fingerprint density at radius 2 is 0.975 bits per heavy atom. The summed E-state index contributed by atoms with van der Waals surface area (Å²) in [6.07, 6.45) is 0. The molecule has 10 heteroatoms. The van der Waals surface area contributed by atoms with Gasteiger partial charge in [-0.3, -0.25) is 29.0 Å². The molecule has 2 atom stereocenters. The van der Waals surface area contributed by atoms with Gasteiger partial charge in [0.05, 0.1) is 13.1 Å². The second-order valence-electron chi connectivity index (χ2n) is 10.1. The highest BCUT2D eigenvalue weighted by Gasteiger charge is 2.41. The van der Waals surface area contributed by atoms with E-state index in [1.807, 2.05) is 88.4 Å². The summed E-state index contributed by atoms with van der Waals surface area (Å²) < 4.78 is 0. The summed E-state index contributed by atoms with van der Waals surface area (Å²) in [5.41, 5.74) is 7.36. The predicted molar refractivity (Wildman–Crippen MR) is 160 cm³/mol. The second kappa shape index (κ2) is 11.4. The number of carbonyl (C=O) groups excluding carboxylic acids is 4. The van der Waals surface area contributed by atoms with E-state index in [0.717, 1.165) is 68.3 Å². The van der Waals surface area contributed by atoms with E-state index in [1.54, 1.807) is 0 Å². The molecule has 3 aromatic rings. The molecule has 0 bridgehead atoms. The normalized spacial score (nSPS) is 19.1. The van der Waals surface area contributed by atoms with E-state index in [2.05, 4.69) is 10.6 Å². The molecule has 2 N–H and O–H groups in total. The molecule has 0 radical (unpaired) electrons. The maximum atomic E-state index is 13.0. The van der Waals surface area contributed by atoms with Gasteiger partial charge in [0.25, 0.3) is 22.3 Å². The zero-order valence-electron chi connectivity index (χ0n) is 22.7. The molecule has 206 valence electrons. The van der Waals surface area contributed by atoms with E-state index in [9.17, 15) is 19.2 Å². The molecule has 0 saturated carbocycles. The molecule has 0 aromatic heterocycles. The Morgan fingerprint density at radius 1 is 0.600 bits per heavy atom. The highest BCUT2D eigenvalue weighted by Crippen LogP contribution is 2.32. The number of aryl methyl sites for hydroxylation is 4. The van der Waals surface area contributed by atoms with Crippen LogP contribution in [0.5, 0.6) is 0 Å². The molecule has 4 amide bonds. The molecule has 0 spiro atoms. The molecular formula is C30H30N4O4S2. The van der Waals surface area contributed by atoms with E-state index in [4.69, 9.17) is 0 Å². The van der Waals surface area contributed by atoms with Crippen LogP contribution in [-0.4, -0.2) is 42.8 Å². The van der Waals surface area contributed by atoms with Gasteiger partial charge in [0.2, 0.25) is 0 Å². The summed E-state index contributed by atoms with van der Waals surface area (Å²) >= 11 is 1.95. The third-order valence-electron chi connectivity index (χ3n) is 6.92. The van der Waals surface area contributed by atoms with Crippen LogP contribution in [0.3, 0.4) is 0 Å². The van der Waals surface area contributed by atoms with Crippen LogP contribution in [0.4, 0.5) is 21.0 Å². The highest BCUT2D eigenvalue weighted by molar-refractivity contribution is 8.15. The van der Waals surface area contributed by atoms with E-state index in [0.29, 0.717) is 0 Å². The number of benzene rings is 3. The van der Waals surface area contributed by atoms with Crippen molar-refractivity contribution in [1.29, 1.82) is 0 Å². The van der Waals surface area contributed by atoms with E-state index >= 15 is 0 Å². The van der Waals surface area contributed by atoms with Crippen LogP contribution in [-0.2, 0) is 22.7 Å². The summed E-state index contributed by atoms with van der Waals surface area (Å²) in [7, 11) is 0. The molecule has 40 heavy (non-hydrogen) atoms. The Kier molecular flexibility index (Phi) is 7.91. The molecule has 2 fully saturated rings. The molecule has 3 aromatic carbocycles. The summed E-state index contributed by atoms with van der Waals surface area (Å²) in [5.74, 6) is -0.569. The smallest absolute Gasteiger partial charge is 0.291 e. The molecular weight excluding hydrogens is 544 g/mol. The van der Waals surface area contributed by atoms with Crippen molar-refractivity contribution in [3.63, 3.8) is 0 Å². The first-order valence-corrected chi connectivity index (χ1v) is 14.6. The van der Waals surface area contributed by atoms with E-state index in [1.165, 1.54) is 9.80 Å². The van der Waals surface area contributed by atoms with Crippen molar-refractivity contribution in [2.75, 3.05) is 10.6 Å². The van der Waals surface area contributed by atoms with Crippen molar-refractivity contribution in [1.82, 2.24) is 9.80 Å². The van der Waals surface area contributed by atoms with Crippen LogP contribution in [0.15, 0.2) is 60.7 Å². The first-order chi connectivity index (χ1) is 19.1. The number of carbonyl (C=O) groups is 4. The van der Waals surface area contributed by atoms with Gasteiger partial charge in [-0.05, 0) is 96.7 Å². The third kappa shape index (κ3) is 5.88. The average Bonchev–Trinajstić information content (AvgIpc) is 3.33. The minimum atomic E-state index is -0.679. The van der Waals surface area contributed by atoms with Crippen molar-refractivity contribution in [3.8, 4) is 0 Å². The van der Waals surface area contributed by atoms with Crippen molar-refractivity contribution >= 4 is 57.2 Å². The molecule has 2 heterocycles. The highest BCUT2D eigenvalue weighted by atomic mass is 32.2. The molecule has 2 aliphatic rings. The fraction of sp³-hybridized carbons (Fsp3) is 0.267. The molecule has 2 aliphatic heterocycles. The summed E-state index contributed by atoms with van der Waals surface area (Å²) in [6, 6.07) is 19.1. The Balaban J connectivity index is 1.20. The lowest BCUT2D eigenvalue weighted by atomic mass is 10.1. The van der Waals surface area contributed by atoms with E-state index in [-0.39, 0.29) is 35.4 Å². The average molecular weight is 575 g/mol. The first kappa shape index (κ1) is 27.8. The summed E-state index contributed by atoms with van der Waals surface area (Å²) in [6.45, 7) is 8.16. The number of amides is 4. The van der Waals surface area contributed by atoms with Crippen molar-refractivity contribution < 1.29 is 19.2 Å². The second-order valence-corrected chi connectivity index (χ2v) is 12.2. The number of anilines is 2. The lowest BCUT2D eigenvalue weighted by Gasteiger charge is -2.17. The monoisotopic (exact) mass is 574 g/mol. The van der Waals surface area contributed by atoms with Gasteiger partial charge < -0.3 is 10.6 Å². The lowest BCUT2D eigenvalue weighted by Crippen LogP contribution is -2.34. The number of imide groups is 2. The Hall–Kier alpha value is -3.76. The van der Waals surface area contributed by atoms with Crippen LogP contribution in [0, 0.1) is 27.7 Å². The van der Waals surface area contributed by atoms with Gasteiger partial charge in [-0.1, -0.05) is 48.5 Å². The topological polar surface area (TPSA) is 98.8 Å². The van der Waals surface area contributed by atoms with Crippen LogP contribution in [0.25, 0.3) is 0 Å². The fourth-order valence-electron chi connectivity index (χ4n) is 4.54. The van der Waals surface area contributed by atoms with Gasteiger partial charge in [-0.2, -0.15) is 0 Å². The molecule has 2 saturated heterocycles. The largest absolute Gasteiger partial charge is 0.365 e. The SMILES string of the molecule is Cc1ccc(C)c(NC2SC(=O)N(Cc3ccc(CN4C(=O)SC(Nc5cc(C)ccc5C)C4=O)cc3)C2=O)c1. The fourth-order valence-corrected chi connectivity index (χ4v) is 6.34. The van der Waals surface area contributed by atoms with E-state index < -0.39 is 10.7 Å². The van der Waals surface area contributed by atoms with Crippen LogP contribution in [0.1, 0.15) is 33.4 Å². The number of hydrogen-bond donors (Lipinski definition) is 2. The van der Waals surface area contributed by atoms with Gasteiger partial charge >= 0.3 is 0 Å². The molecule has 8 nitrogen and oxygen atoms in total. The quantitative estimate of drug-likeness (QED) is 0.329. The van der Waals surface area contributed by atoms with Crippen LogP contribution < -0.4 is 10.6 Å². The zero-order valence-corrected chi connectivity index (χ0v) is 24.3. The maximum Gasteiger partial charge on any atom is 0.291 e. The van der Waals surface area contributed by atoms with Crippen molar-refractivity contribution in [2.45, 2.75) is 51.5 Å². The van der Waals surface area contributed by atoms with Gasteiger partial charge in [0, 0.05) is 11.4 Å². The van der Waals surface area contributed by atoms with Gasteiger partial charge in [0.1, 0.15) is 0 Å². The van der Waals surface area contributed by atoms with Crippen molar-refractivity contribution in [3.05, 3.63) is 94.0 Å². The minimum absolute atomic E-state index is 0.148. The standard InChI is InChI=1S/C30H30N4O4S2/c1-17-5-7-19(3)23(13-17)31-25-27(35)33(29(37)39-25)15-21-9-11-22(12-10-21)16-34-28(36)26(40-30(34)38)32-24-14-18(2)6-8-20(24)4/h5-14,25-26,31-32H,15-16H2,1-4H3. The number of thioether (sulfide) groups is 2. The number of nitrogens with one attached hydrogen (secondary N) is 2. The number of nitrogens with zero attached hydrogens (tertiary/aromatic N) is 2. The molecule has 5 rings (SSSR count). The molecule has 0 aliphatic carbocycles. The van der Waals surface area contributed by atoms with Gasteiger partial charge in [-0.15, -0.1) is 0 Å². The lowest BCUT2D eigenvalue weighted by molar-refractivity contribution is -0.127. The maximum absolute atomic E-state index is 13.0. The Morgan fingerprint density at radius 3 is 1.35 bits per heavy atom. The van der Waals surface area contributed by atoms with Crippen molar-refractivity contribution in [2.24, 2.45) is 0 Å². The van der Waals surface area contributed by atoms with Crippen LogP contribution >= 0.6 is 23.5 Å². The zero-order chi connectivity index (χ0) is 28.6. The number of hydrogen-bond acceptors (Lipinski definition) is 8. The number of rotatable bonds is 8. The minimum Gasteiger partial charge on any atom is -0.365 e. The van der Waals surface area contributed by atoms with Crippen LogP contribution in [0.2, 0.25) is 0 Å². The Bertz CT molecular complexity index is 1400. The molecule has 2 unspecified atom stereocenters. The van der Waals surface area contributed by atoms with Gasteiger partial charge in [-0.25, -0.2) is 0 Å². The van der Waals surface area contributed by atoms with Gasteiger partial charge in [0.15, 0.2) is 10.7 Å². The first-order valence-electron chi connectivity index (χ1n) is 12.9. The summed E-state index contributed by atoms with van der Waals surface area (Å²) in [4.78, 5) is 53.8. The summed E-state index contributed by atoms with van der Waals surface area (Å²) in [5, 5.41) is 4.45. The Labute approximate surface area is 241 Å². The third-order valence-corrected chi connectivity index (χ3v) is 8.88.